The van der Waals surface area contributed by atoms with E-state index >= 15 is 0 Å². The zero-order chi connectivity index (χ0) is 16.5. The number of amides is 1. The molecule has 2 aliphatic rings. The summed E-state index contributed by atoms with van der Waals surface area (Å²) < 4.78 is 17.9. The maximum atomic E-state index is 12.1. The van der Waals surface area contributed by atoms with Crippen LogP contribution in [0.15, 0.2) is 23.4 Å². The van der Waals surface area contributed by atoms with Crippen LogP contribution in [0.25, 0.3) is 0 Å². The normalized spacial score (nSPS) is 15.1. The fraction of sp³-hybridized carbons (Fsp3) is 0.267. The van der Waals surface area contributed by atoms with Crippen LogP contribution in [0.3, 0.4) is 0 Å². The Bertz CT molecular complexity index is 844. The molecule has 1 amide bonds. The van der Waals surface area contributed by atoms with Gasteiger partial charge in [-0.2, -0.15) is 0 Å². The van der Waals surface area contributed by atoms with Crippen LogP contribution in [0.4, 0.5) is 0 Å². The number of aromatic nitrogens is 3. The third-order valence-corrected chi connectivity index (χ3v) is 4.39. The summed E-state index contributed by atoms with van der Waals surface area (Å²) in [6, 6.07) is 5.30. The zero-order valence-electron chi connectivity index (χ0n) is 12.5. The van der Waals surface area contributed by atoms with E-state index < -0.39 is 0 Å². The molecule has 2 aliphatic heterocycles. The first-order valence-corrected chi connectivity index (χ1v) is 8.08. The van der Waals surface area contributed by atoms with Crippen LogP contribution in [0.5, 0.6) is 17.2 Å². The summed E-state index contributed by atoms with van der Waals surface area (Å²) in [6.07, 6.45) is 5.35. The molecule has 0 fully saturated rings. The number of ether oxygens (including phenoxy) is 3. The van der Waals surface area contributed by atoms with E-state index in [1.54, 1.807) is 22.9 Å². The van der Waals surface area contributed by atoms with Crippen LogP contribution in [-0.2, 0) is 11.4 Å². The number of carbonyl (C=O) groups is 1. The quantitative estimate of drug-likeness (QED) is 0.759. The summed E-state index contributed by atoms with van der Waals surface area (Å²) in [6.45, 7) is 0.500. The smallest absolute Gasteiger partial charge is 0.252 e. The van der Waals surface area contributed by atoms with Crippen LogP contribution < -0.4 is 19.2 Å². The molecule has 0 saturated carbocycles. The maximum absolute atomic E-state index is 12.1. The summed E-state index contributed by atoms with van der Waals surface area (Å²) in [5.41, 5.74) is 0. The Morgan fingerprint density at radius 1 is 1.33 bits per heavy atom. The molecule has 2 aromatic rings. The number of fused-ring (bicyclic) bond motifs is 2. The lowest BCUT2D eigenvalue weighted by molar-refractivity contribution is -0.117. The number of hydrogen-bond acceptors (Lipinski definition) is 7. The molecule has 0 radical (unpaired) electrons. The molecule has 1 aromatic carbocycles. The second-order valence-corrected chi connectivity index (χ2v) is 5.90. The molecule has 24 heavy (non-hydrogen) atoms. The van der Waals surface area contributed by atoms with Gasteiger partial charge in [-0.05, 0) is 12.1 Å². The number of nitrogens with zero attached hydrogens (tertiary/aromatic N) is 4. The van der Waals surface area contributed by atoms with Crippen LogP contribution in [0.1, 0.15) is 5.82 Å². The molecule has 0 N–H and O–H groups in total. The van der Waals surface area contributed by atoms with E-state index in [0.29, 0.717) is 34.0 Å². The average Bonchev–Trinajstić information content (AvgIpc) is 3.21. The third-order valence-electron chi connectivity index (χ3n) is 3.48. The molecule has 0 saturated heterocycles. The number of rotatable bonds is 4. The highest BCUT2D eigenvalue weighted by atomic mass is 32.2. The van der Waals surface area contributed by atoms with E-state index in [9.17, 15) is 4.79 Å². The zero-order valence-corrected chi connectivity index (χ0v) is 13.3. The topological polar surface area (TPSA) is 78.7 Å². The van der Waals surface area contributed by atoms with Crippen molar-refractivity contribution in [1.82, 2.24) is 14.9 Å². The van der Waals surface area contributed by atoms with Crippen LogP contribution in [0, 0.1) is 12.3 Å². The summed E-state index contributed by atoms with van der Waals surface area (Å²) in [4.78, 5) is 12.1. The van der Waals surface area contributed by atoms with Gasteiger partial charge in [0.2, 0.25) is 11.9 Å². The summed E-state index contributed by atoms with van der Waals surface area (Å²) in [5, 5.41) is 10.3. The first kappa shape index (κ1) is 14.7. The maximum Gasteiger partial charge on any atom is 0.252 e. The van der Waals surface area contributed by atoms with E-state index in [1.165, 1.54) is 16.8 Å². The SMILES string of the molecule is C#CCN1C(=O)CSc2nnc(COc3ccc4c(c3)OCO4)n21. The molecule has 0 atom stereocenters. The Kier molecular flexibility index (Phi) is 3.66. The number of thioether (sulfide) groups is 1. The molecular weight excluding hydrogens is 332 g/mol. The van der Waals surface area contributed by atoms with Gasteiger partial charge in [0, 0.05) is 6.07 Å². The minimum atomic E-state index is -0.0884. The predicted octanol–water partition coefficient (Wildman–Crippen LogP) is 0.789. The predicted molar refractivity (Wildman–Crippen MR) is 84.6 cm³/mol. The summed E-state index contributed by atoms with van der Waals surface area (Å²) >= 11 is 1.32. The standard InChI is InChI=1S/C15H12N4O4S/c1-2-5-18-14(20)8-24-15-17-16-13(19(15)18)7-21-10-3-4-11-12(6-10)23-9-22-11/h1,3-4,6H,5,7-9H2. The van der Waals surface area contributed by atoms with Gasteiger partial charge in [0.05, 0.1) is 5.75 Å². The monoisotopic (exact) mass is 344 g/mol. The van der Waals surface area contributed by atoms with Crippen LogP contribution >= 0.6 is 11.8 Å². The van der Waals surface area contributed by atoms with Crippen molar-refractivity contribution in [3.8, 4) is 29.6 Å². The van der Waals surface area contributed by atoms with Gasteiger partial charge in [-0.25, -0.2) is 9.69 Å². The number of benzene rings is 1. The molecule has 9 heteroatoms. The minimum absolute atomic E-state index is 0.0884. The highest BCUT2D eigenvalue weighted by molar-refractivity contribution is 7.99. The molecule has 122 valence electrons. The summed E-state index contributed by atoms with van der Waals surface area (Å²) in [5.74, 6) is 5.11. The van der Waals surface area contributed by atoms with Gasteiger partial charge in [0.15, 0.2) is 17.3 Å². The summed E-state index contributed by atoms with van der Waals surface area (Å²) in [7, 11) is 0. The Morgan fingerprint density at radius 2 is 2.21 bits per heavy atom. The molecule has 4 rings (SSSR count). The van der Waals surface area contributed by atoms with Crippen molar-refractivity contribution in [1.29, 1.82) is 0 Å². The Hall–Kier alpha value is -2.86. The Labute approximate surface area is 141 Å². The third kappa shape index (κ3) is 2.51. The second-order valence-electron chi connectivity index (χ2n) is 4.96. The lowest BCUT2D eigenvalue weighted by Gasteiger charge is -2.27. The molecule has 0 bridgehead atoms. The van der Waals surface area contributed by atoms with Crippen molar-refractivity contribution >= 4 is 17.7 Å². The lowest BCUT2D eigenvalue weighted by Crippen LogP contribution is -2.46. The number of terminal acetylenes is 1. The van der Waals surface area contributed by atoms with Crippen molar-refractivity contribution < 1.29 is 19.0 Å². The van der Waals surface area contributed by atoms with Crippen molar-refractivity contribution in [3.63, 3.8) is 0 Å². The van der Waals surface area contributed by atoms with E-state index in [0.717, 1.165) is 0 Å². The highest BCUT2D eigenvalue weighted by Crippen LogP contribution is 2.35. The number of carbonyl (C=O) groups excluding carboxylic acids is 1. The lowest BCUT2D eigenvalue weighted by atomic mass is 10.3. The van der Waals surface area contributed by atoms with Gasteiger partial charge in [0.25, 0.3) is 5.91 Å². The van der Waals surface area contributed by atoms with Gasteiger partial charge in [-0.1, -0.05) is 17.7 Å². The molecule has 0 spiro atoms. The minimum Gasteiger partial charge on any atom is -0.485 e. The van der Waals surface area contributed by atoms with E-state index in [-0.39, 0.29) is 25.9 Å². The molecule has 8 nitrogen and oxygen atoms in total. The van der Waals surface area contributed by atoms with E-state index in [2.05, 4.69) is 16.1 Å². The van der Waals surface area contributed by atoms with Gasteiger partial charge in [-0.15, -0.1) is 16.6 Å². The average molecular weight is 344 g/mol. The van der Waals surface area contributed by atoms with Crippen molar-refractivity contribution in [2.75, 3.05) is 24.1 Å². The van der Waals surface area contributed by atoms with E-state index in [4.69, 9.17) is 20.6 Å². The van der Waals surface area contributed by atoms with Crippen LogP contribution in [-0.4, -0.2) is 39.9 Å². The Morgan fingerprint density at radius 3 is 3.08 bits per heavy atom. The molecular formula is C15H12N4O4S. The molecule has 0 aliphatic carbocycles. The number of hydrogen-bond donors (Lipinski definition) is 0. The van der Waals surface area contributed by atoms with Crippen LogP contribution in [0.2, 0.25) is 0 Å². The first-order valence-electron chi connectivity index (χ1n) is 7.10. The van der Waals surface area contributed by atoms with Gasteiger partial charge in [0.1, 0.15) is 18.9 Å². The second kappa shape index (κ2) is 5.98. The van der Waals surface area contributed by atoms with Crippen molar-refractivity contribution in [2.24, 2.45) is 0 Å². The van der Waals surface area contributed by atoms with Gasteiger partial charge in [-0.3, -0.25) is 4.79 Å². The molecule has 3 heterocycles. The molecule has 0 unspecified atom stereocenters. The van der Waals surface area contributed by atoms with Gasteiger partial charge >= 0.3 is 0 Å². The fourth-order valence-electron chi connectivity index (χ4n) is 2.39. The fourth-order valence-corrected chi connectivity index (χ4v) is 3.22. The Balaban J connectivity index is 1.55. The largest absolute Gasteiger partial charge is 0.485 e. The van der Waals surface area contributed by atoms with Gasteiger partial charge < -0.3 is 14.2 Å². The van der Waals surface area contributed by atoms with Crippen molar-refractivity contribution in [2.45, 2.75) is 11.8 Å². The van der Waals surface area contributed by atoms with Crippen molar-refractivity contribution in [3.05, 3.63) is 24.0 Å². The first-order chi connectivity index (χ1) is 11.8. The molecule has 1 aromatic heterocycles. The highest BCUT2D eigenvalue weighted by Gasteiger charge is 2.28. The van der Waals surface area contributed by atoms with E-state index in [1.807, 2.05) is 0 Å².